The molecular weight excluding hydrogens is 506 g/mol. The van der Waals surface area contributed by atoms with Gasteiger partial charge in [0.2, 0.25) is 0 Å². The second-order valence-electron chi connectivity index (χ2n) is 10.5. The van der Waals surface area contributed by atoms with Crippen molar-refractivity contribution in [1.29, 1.82) is 0 Å². The predicted octanol–water partition coefficient (Wildman–Crippen LogP) is 8.34. The molecule has 7 heteroatoms. The largest absolute Gasteiger partial charge is 0.505 e. The fraction of sp³-hybridized carbons (Fsp3) is 0.500. The summed E-state index contributed by atoms with van der Waals surface area (Å²) in [6.45, 7) is 15.2. The van der Waals surface area contributed by atoms with Gasteiger partial charge in [-0.2, -0.15) is 0 Å². The maximum atomic E-state index is 12.9. The molecule has 0 saturated carbocycles. The molecule has 1 N–H and O–H groups in total. The number of amides is 2. The number of nitrogens with zero attached hydrogens (tertiary/aromatic N) is 3. The van der Waals surface area contributed by atoms with Gasteiger partial charge < -0.3 is 5.11 Å². The molecule has 6 nitrogen and oxygen atoms in total. The highest BCUT2D eigenvalue weighted by Gasteiger charge is 2.36. The van der Waals surface area contributed by atoms with Crippen LogP contribution >= 0.6 is 15.9 Å². The molecule has 188 valence electrons. The molecule has 2 aromatic carbocycles. The van der Waals surface area contributed by atoms with Gasteiger partial charge in [-0.25, -0.2) is 0 Å². The topological polar surface area (TPSA) is 82.3 Å². The number of hydrogen-bond donors (Lipinski definition) is 1. The van der Waals surface area contributed by atoms with Crippen molar-refractivity contribution in [3.05, 3.63) is 51.0 Å². The normalized spacial score (nSPS) is 14.3. The van der Waals surface area contributed by atoms with Gasteiger partial charge >= 0.3 is 0 Å². The first-order valence-electron chi connectivity index (χ1n) is 12.4. The number of carbonyl (C=O) groups excluding carboxylic acids is 2. The average molecular weight is 543 g/mol. The van der Waals surface area contributed by atoms with Crippen LogP contribution in [0.4, 0.5) is 11.4 Å². The fourth-order valence-corrected chi connectivity index (χ4v) is 4.42. The van der Waals surface area contributed by atoms with E-state index in [-0.39, 0.29) is 28.4 Å². The van der Waals surface area contributed by atoms with Crippen molar-refractivity contribution in [2.75, 3.05) is 6.54 Å². The molecule has 35 heavy (non-hydrogen) atoms. The highest BCUT2D eigenvalue weighted by molar-refractivity contribution is 9.10. The number of halogens is 1. The molecule has 0 saturated heterocycles. The fourth-order valence-electron chi connectivity index (χ4n) is 4.00. The van der Waals surface area contributed by atoms with Gasteiger partial charge in [-0.05, 0) is 69.8 Å². The molecule has 1 aliphatic heterocycles. The van der Waals surface area contributed by atoms with E-state index in [1.54, 1.807) is 12.1 Å². The van der Waals surface area contributed by atoms with Crippen LogP contribution in [0.2, 0.25) is 0 Å². The maximum absolute atomic E-state index is 12.9. The van der Waals surface area contributed by atoms with Gasteiger partial charge in [0, 0.05) is 16.6 Å². The summed E-state index contributed by atoms with van der Waals surface area (Å²) in [6.07, 6.45) is 3.44. The number of hydrogen-bond acceptors (Lipinski definition) is 5. The lowest BCUT2D eigenvalue weighted by Gasteiger charge is -2.30. The number of fused-ring (bicyclic) bond motifs is 1. The minimum absolute atomic E-state index is 0.0978. The van der Waals surface area contributed by atoms with Crippen LogP contribution in [-0.2, 0) is 10.8 Å². The van der Waals surface area contributed by atoms with E-state index < -0.39 is 0 Å². The van der Waals surface area contributed by atoms with Crippen LogP contribution in [0.5, 0.6) is 5.75 Å². The van der Waals surface area contributed by atoms with Crippen molar-refractivity contribution in [2.24, 2.45) is 10.2 Å². The molecule has 0 atom stereocenters. The van der Waals surface area contributed by atoms with E-state index in [9.17, 15) is 14.7 Å². The van der Waals surface area contributed by atoms with Gasteiger partial charge in [-0.1, -0.05) is 61.0 Å². The molecule has 0 unspecified atom stereocenters. The molecule has 0 aliphatic carbocycles. The summed E-state index contributed by atoms with van der Waals surface area (Å²) in [7, 11) is 0. The van der Waals surface area contributed by atoms with Gasteiger partial charge in [-0.3, -0.25) is 14.5 Å². The number of unbranched alkanes of at least 4 members (excludes halogenated alkanes) is 1. The standard InChI is InChI=1S/C28H36BrN3O3/c1-8-11-12-32-25(34)18-15-21(29)22(16-19(18)26(32)35)30-31-23-14-17(27(4,5)9-2)13-20(24(23)33)28(6,7)10-3/h13-16,33H,8-12H2,1-7H3. The van der Waals surface area contributed by atoms with Crippen molar-refractivity contribution >= 4 is 39.1 Å². The Labute approximate surface area is 217 Å². The molecule has 3 rings (SSSR count). The lowest BCUT2D eigenvalue weighted by atomic mass is 9.76. The van der Waals surface area contributed by atoms with Crippen LogP contribution in [0.25, 0.3) is 0 Å². The third-order valence-electron chi connectivity index (χ3n) is 7.41. The van der Waals surface area contributed by atoms with E-state index in [2.05, 4.69) is 73.8 Å². The smallest absolute Gasteiger partial charge is 0.261 e. The number of rotatable bonds is 9. The van der Waals surface area contributed by atoms with E-state index >= 15 is 0 Å². The predicted molar refractivity (Wildman–Crippen MR) is 143 cm³/mol. The Hall–Kier alpha value is -2.54. The first-order chi connectivity index (χ1) is 16.4. The summed E-state index contributed by atoms with van der Waals surface area (Å²) in [5.74, 6) is -0.462. The zero-order valence-electron chi connectivity index (χ0n) is 21.8. The molecule has 0 aromatic heterocycles. The van der Waals surface area contributed by atoms with Crippen molar-refractivity contribution in [3.8, 4) is 5.75 Å². The van der Waals surface area contributed by atoms with Gasteiger partial charge in [0.15, 0.2) is 0 Å². The molecule has 2 aromatic rings. The third kappa shape index (κ3) is 5.20. The number of aromatic hydroxyl groups is 1. The Balaban J connectivity index is 2.07. The van der Waals surface area contributed by atoms with Crippen molar-refractivity contribution in [2.45, 2.75) is 85.0 Å². The molecule has 1 aliphatic rings. The van der Waals surface area contributed by atoms with Crippen LogP contribution in [0.3, 0.4) is 0 Å². The summed E-state index contributed by atoms with van der Waals surface area (Å²) >= 11 is 3.48. The van der Waals surface area contributed by atoms with Crippen LogP contribution in [0.1, 0.15) is 106 Å². The van der Waals surface area contributed by atoms with Crippen LogP contribution in [0.15, 0.2) is 39.0 Å². The second kappa shape index (κ2) is 10.2. The Morgan fingerprint density at radius 1 is 0.857 bits per heavy atom. The van der Waals surface area contributed by atoms with E-state index in [1.807, 2.05) is 13.0 Å². The number of phenols is 1. The van der Waals surface area contributed by atoms with E-state index in [4.69, 9.17) is 0 Å². The lowest BCUT2D eigenvalue weighted by molar-refractivity contribution is 0.0652. The quantitative estimate of drug-likeness (QED) is 0.255. The first-order valence-corrected chi connectivity index (χ1v) is 13.2. The van der Waals surface area contributed by atoms with E-state index in [1.165, 1.54) is 4.90 Å². The number of carbonyl (C=O) groups is 2. The van der Waals surface area contributed by atoms with Gasteiger partial charge in [0.25, 0.3) is 11.8 Å². The molecule has 0 spiro atoms. The number of benzene rings is 2. The zero-order chi connectivity index (χ0) is 26.1. The SMILES string of the molecule is CCCCN1C(=O)c2cc(Br)c(N=Nc3cc(C(C)(C)CC)cc(C(C)(C)CC)c3O)cc2C1=O. The van der Waals surface area contributed by atoms with Crippen LogP contribution in [0, 0.1) is 0 Å². The Morgan fingerprint density at radius 3 is 2.00 bits per heavy atom. The summed E-state index contributed by atoms with van der Waals surface area (Å²) in [5.41, 5.74) is 3.12. The number of phenolic OH excluding ortho intramolecular Hbond substituents is 1. The van der Waals surface area contributed by atoms with E-state index in [0.29, 0.717) is 33.5 Å². The highest BCUT2D eigenvalue weighted by Crippen LogP contribution is 2.44. The minimum atomic E-state index is -0.302. The molecule has 0 bridgehead atoms. The van der Waals surface area contributed by atoms with Crippen LogP contribution < -0.4 is 0 Å². The van der Waals surface area contributed by atoms with Crippen molar-refractivity contribution < 1.29 is 14.7 Å². The van der Waals surface area contributed by atoms with Gasteiger partial charge in [0.05, 0.1) is 11.1 Å². The number of azo groups is 1. The minimum Gasteiger partial charge on any atom is -0.505 e. The molecule has 1 heterocycles. The van der Waals surface area contributed by atoms with Crippen molar-refractivity contribution in [3.63, 3.8) is 0 Å². The van der Waals surface area contributed by atoms with E-state index in [0.717, 1.165) is 36.8 Å². The van der Waals surface area contributed by atoms with Crippen LogP contribution in [-0.4, -0.2) is 28.4 Å². The summed E-state index contributed by atoms with van der Waals surface area (Å²) < 4.78 is 0.567. The molecule has 0 radical (unpaired) electrons. The number of imide groups is 1. The van der Waals surface area contributed by atoms with Crippen molar-refractivity contribution in [1.82, 2.24) is 4.90 Å². The average Bonchev–Trinajstić information content (AvgIpc) is 3.05. The second-order valence-corrected chi connectivity index (χ2v) is 11.4. The lowest BCUT2D eigenvalue weighted by Crippen LogP contribution is -2.30. The Kier molecular flexibility index (Phi) is 7.89. The Bertz CT molecular complexity index is 1180. The summed E-state index contributed by atoms with van der Waals surface area (Å²) in [5, 5.41) is 20.0. The molecule has 0 fully saturated rings. The third-order valence-corrected chi connectivity index (χ3v) is 8.04. The first kappa shape index (κ1) is 27.1. The zero-order valence-corrected chi connectivity index (χ0v) is 23.4. The highest BCUT2D eigenvalue weighted by atomic mass is 79.9. The monoisotopic (exact) mass is 541 g/mol. The van der Waals surface area contributed by atoms with Gasteiger partial charge in [-0.15, -0.1) is 10.2 Å². The maximum Gasteiger partial charge on any atom is 0.261 e. The molecular formula is C28H36BrN3O3. The summed E-state index contributed by atoms with van der Waals surface area (Å²) in [6, 6.07) is 7.21. The molecule has 2 amide bonds. The Morgan fingerprint density at radius 2 is 1.43 bits per heavy atom. The summed E-state index contributed by atoms with van der Waals surface area (Å²) in [4.78, 5) is 26.9. The van der Waals surface area contributed by atoms with Gasteiger partial charge in [0.1, 0.15) is 17.1 Å².